The molecule has 0 atom stereocenters. The molecular formula is C13H10O2. The van der Waals surface area contributed by atoms with Crippen molar-refractivity contribution < 1.29 is 9.90 Å². The highest BCUT2D eigenvalue weighted by Gasteiger charge is 2.06. The van der Waals surface area contributed by atoms with Crippen LogP contribution < -0.4 is 0 Å². The summed E-state index contributed by atoms with van der Waals surface area (Å²) in [5.41, 5.74) is 1.37. The van der Waals surface area contributed by atoms with Gasteiger partial charge in [-0.05, 0) is 26.0 Å². The predicted octanol–water partition coefficient (Wildman–Crippen LogP) is 1.95. The first-order valence-corrected chi connectivity index (χ1v) is 4.40. The van der Waals surface area contributed by atoms with Crippen LogP contribution in [0, 0.1) is 23.7 Å². The summed E-state index contributed by atoms with van der Waals surface area (Å²) >= 11 is 0. The Labute approximate surface area is 88.9 Å². The molecule has 0 saturated heterocycles. The van der Waals surface area contributed by atoms with Gasteiger partial charge in [0.15, 0.2) is 6.29 Å². The van der Waals surface area contributed by atoms with Gasteiger partial charge in [-0.1, -0.05) is 11.8 Å². The first-order chi connectivity index (χ1) is 7.22. The number of phenolic OH excluding ortho intramolecular Hbond substituents is 1. The quantitative estimate of drug-likeness (QED) is 0.553. The maximum atomic E-state index is 10.7. The van der Waals surface area contributed by atoms with E-state index in [0.29, 0.717) is 17.4 Å². The van der Waals surface area contributed by atoms with Crippen molar-refractivity contribution in [3.8, 4) is 29.4 Å². The van der Waals surface area contributed by atoms with E-state index in [2.05, 4.69) is 23.7 Å². The number of carbonyl (C=O) groups excluding carboxylic acids is 1. The number of carbonyl (C=O) groups is 1. The molecule has 0 fully saturated rings. The predicted molar refractivity (Wildman–Crippen MR) is 58.6 cm³/mol. The van der Waals surface area contributed by atoms with Gasteiger partial charge in [-0.25, -0.2) is 0 Å². The van der Waals surface area contributed by atoms with Crippen LogP contribution in [0.1, 0.15) is 35.3 Å². The summed E-state index contributed by atoms with van der Waals surface area (Å²) in [5, 5.41) is 9.56. The van der Waals surface area contributed by atoms with E-state index in [1.165, 1.54) is 6.07 Å². The zero-order chi connectivity index (χ0) is 11.3. The number of aromatic hydroxyl groups is 1. The van der Waals surface area contributed by atoms with Crippen molar-refractivity contribution in [2.75, 3.05) is 0 Å². The lowest BCUT2D eigenvalue weighted by Crippen LogP contribution is -1.90. The zero-order valence-electron chi connectivity index (χ0n) is 8.59. The second-order valence-electron chi connectivity index (χ2n) is 2.82. The van der Waals surface area contributed by atoms with Crippen molar-refractivity contribution in [3.05, 3.63) is 28.8 Å². The van der Waals surface area contributed by atoms with Gasteiger partial charge in [-0.15, -0.1) is 11.8 Å². The lowest BCUT2D eigenvalue weighted by molar-refractivity contribution is 0.112. The van der Waals surface area contributed by atoms with E-state index in [4.69, 9.17) is 0 Å². The van der Waals surface area contributed by atoms with Gasteiger partial charge in [0.1, 0.15) is 5.75 Å². The lowest BCUT2D eigenvalue weighted by atomic mass is 10.0. The van der Waals surface area contributed by atoms with E-state index < -0.39 is 0 Å². The van der Waals surface area contributed by atoms with E-state index in [0.717, 1.165) is 0 Å². The minimum atomic E-state index is -0.0806. The summed E-state index contributed by atoms with van der Waals surface area (Å²) < 4.78 is 0. The number of hydrogen-bond acceptors (Lipinski definition) is 2. The van der Waals surface area contributed by atoms with E-state index in [9.17, 15) is 9.90 Å². The smallest absolute Gasteiger partial charge is 0.155 e. The molecule has 0 saturated carbocycles. The SMILES string of the molecule is CC#Cc1cc(O)c(C=O)c(C#CC)c1. The van der Waals surface area contributed by atoms with Crippen LogP contribution in [0.5, 0.6) is 5.75 Å². The first-order valence-electron chi connectivity index (χ1n) is 4.40. The summed E-state index contributed by atoms with van der Waals surface area (Å²) in [6.07, 6.45) is 0.595. The van der Waals surface area contributed by atoms with Gasteiger partial charge < -0.3 is 5.11 Å². The van der Waals surface area contributed by atoms with E-state index in [-0.39, 0.29) is 11.3 Å². The average molecular weight is 198 g/mol. The Bertz CT molecular complexity index is 505. The topological polar surface area (TPSA) is 37.3 Å². The van der Waals surface area contributed by atoms with E-state index in [1.807, 2.05) is 0 Å². The van der Waals surface area contributed by atoms with Gasteiger partial charge in [0.2, 0.25) is 0 Å². The Morgan fingerprint density at radius 2 is 1.87 bits per heavy atom. The maximum absolute atomic E-state index is 10.7. The van der Waals surface area contributed by atoms with Crippen LogP contribution in [0.2, 0.25) is 0 Å². The molecule has 0 aliphatic carbocycles. The molecule has 0 radical (unpaired) electrons. The molecule has 1 rings (SSSR count). The van der Waals surface area contributed by atoms with Gasteiger partial charge in [0, 0.05) is 11.1 Å². The standard InChI is InChI=1S/C13H10O2/c1-3-5-10-7-11(6-4-2)12(9-14)13(15)8-10/h7-9,15H,1-2H3. The van der Waals surface area contributed by atoms with Gasteiger partial charge in [-0.3, -0.25) is 4.79 Å². The molecule has 2 nitrogen and oxygen atoms in total. The van der Waals surface area contributed by atoms with Gasteiger partial charge in [0.25, 0.3) is 0 Å². The highest BCUT2D eigenvalue weighted by molar-refractivity contribution is 5.84. The third-order valence-electron chi connectivity index (χ3n) is 1.81. The fourth-order valence-corrected chi connectivity index (χ4v) is 1.22. The van der Waals surface area contributed by atoms with Crippen LogP contribution >= 0.6 is 0 Å². The normalized spacial score (nSPS) is 8.13. The lowest BCUT2D eigenvalue weighted by Gasteiger charge is -2.01. The number of aldehydes is 1. The molecule has 0 aliphatic rings. The summed E-state index contributed by atoms with van der Waals surface area (Å²) in [7, 11) is 0. The third-order valence-corrected chi connectivity index (χ3v) is 1.81. The first kappa shape index (κ1) is 10.9. The Morgan fingerprint density at radius 1 is 1.20 bits per heavy atom. The Balaban J connectivity index is 3.46. The largest absolute Gasteiger partial charge is 0.507 e. The molecule has 1 N–H and O–H groups in total. The fraction of sp³-hybridized carbons (Fsp3) is 0.154. The molecule has 2 heteroatoms. The fourth-order valence-electron chi connectivity index (χ4n) is 1.22. The van der Waals surface area contributed by atoms with Crippen LogP contribution in [-0.2, 0) is 0 Å². The van der Waals surface area contributed by atoms with Gasteiger partial charge >= 0.3 is 0 Å². The summed E-state index contributed by atoms with van der Waals surface area (Å²) in [6.45, 7) is 3.37. The number of hydrogen-bond donors (Lipinski definition) is 1. The number of phenols is 1. The number of benzene rings is 1. The molecule has 0 bridgehead atoms. The molecule has 1 aromatic rings. The number of rotatable bonds is 1. The third kappa shape index (κ3) is 2.39. The second-order valence-corrected chi connectivity index (χ2v) is 2.82. The Hall–Kier alpha value is -2.19. The molecule has 0 unspecified atom stereocenters. The minimum absolute atomic E-state index is 0.0806. The highest BCUT2D eigenvalue weighted by Crippen LogP contribution is 2.21. The Kier molecular flexibility index (Phi) is 3.55. The van der Waals surface area contributed by atoms with Crippen LogP contribution in [0.25, 0.3) is 0 Å². The molecule has 0 spiro atoms. The molecule has 0 amide bonds. The second kappa shape index (κ2) is 4.88. The highest BCUT2D eigenvalue weighted by atomic mass is 16.3. The molecule has 15 heavy (non-hydrogen) atoms. The summed E-state index contributed by atoms with van der Waals surface area (Å²) in [6, 6.07) is 3.15. The van der Waals surface area contributed by atoms with E-state index in [1.54, 1.807) is 19.9 Å². The zero-order valence-corrected chi connectivity index (χ0v) is 8.59. The van der Waals surface area contributed by atoms with Crippen LogP contribution in [0.15, 0.2) is 12.1 Å². The summed E-state index contributed by atoms with van der Waals surface area (Å²) in [5.74, 6) is 10.9. The van der Waals surface area contributed by atoms with Crippen molar-refractivity contribution in [2.24, 2.45) is 0 Å². The van der Waals surface area contributed by atoms with Crippen molar-refractivity contribution in [3.63, 3.8) is 0 Å². The van der Waals surface area contributed by atoms with Gasteiger partial charge in [0.05, 0.1) is 5.56 Å². The molecule has 0 aliphatic heterocycles. The van der Waals surface area contributed by atoms with Crippen molar-refractivity contribution in [2.45, 2.75) is 13.8 Å². The van der Waals surface area contributed by atoms with Gasteiger partial charge in [-0.2, -0.15) is 0 Å². The molecule has 0 heterocycles. The van der Waals surface area contributed by atoms with Crippen LogP contribution in [0.3, 0.4) is 0 Å². The molecular weight excluding hydrogens is 188 g/mol. The van der Waals surface area contributed by atoms with Crippen molar-refractivity contribution in [1.82, 2.24) is 0 Å². The summed E-state index contributed by atoms with van der Waals surface area (Å²) in [4.78, 5) is 10.7. The molecule has 74 valence electrons. The van der Waals surface area contributed by atoms with Crippen molar-refractivity contribution >= 4 is 6.29 Å². The minimum Gasteiger partial charge on any atom is -0.507 e. The Morgan fingerprint density at radius 3 is 2.40 bits per heavy atom. The van der Waals surface area contributed by atoms with Crippen LogP contribution in [-0.4, -0.2) is 11.4 Å². The monoisotopic (exact) mass is 198 g/mol. The average Bonchev–Trinajstić information content (AvgIpc) is 2.18. The van der Waals surface area contributed by atoms with Crippen LogP contribution in [0.4, 0.5) is 0 Å². The molecule has 1 aromatic carbocycles. The maximum Gasteiger partial charge on any atom is 0.155 e. The molecule has 0 aromatic heterocycles. The van der Waals surface area contributed by atoms with E-state index >= 15 is 0 Å². The van der Waals surface area contributed by atoms with Crippen molar-refractivity contribution in [1.29, 1.82) is 0 Å².